The Morgan fingerprint density at radius 3 is 2.57 bits per heavy atom. The van der Waals surface area contributed by atoms with E-state index in [1.807, 2.05) is 0 Å². The topological polar surface area (TPSA) is 86.6 Å². The van der Waals surface area contributed by atoms with Gasteiger partial charge in [0.2, 0.25) is 5.91 Å². The van der Waals surface area contributed by atoms with Crippen LogP contribution in [0.25, 0.3) is 0 Å². The van der Waals surface area contributed by atoms with Gasteiger partial charge >= 0.3 is 5.97 Å². The molecule has 0 radical (unpaired) electrons. The predicted molar refractivity (Wildman–Crippen MR) is 78.0 cm³/mol. The zero-order chi connectivity index (χ0) is 15.2. The van der Waals surface area contributed by atoms with E-state index in [0.717, 1.165) is 32.1 Å². The van der Waals surface area contributed by atoms with Gasteiger partial charge in [-0.05, 0) is 36.5 Å². The number of carboxylic acids is 1. The number of aliphatic carboxylic acids is 1. The monoisotopic (exact) mass is 291 g/mol. The number of carbonyl (C=O) groups is 2. The summed E-state index contributed by atoms with van der Waals surface area (Å²) in [6, 6.07) is 5.62. The quantitative estimate of drug-likeness (QED) is 0.775. The molecule has 0 aromatic heterocycles. The van der Waals surface area contributed by atoms with Gasteiger partial charge in [0.1, 0.15) is 11.8 Å². The third-order valence-electron chi connectivity index (χ3n) is 3.98. The molecule has 0 heterocycles. The van der Waals surface area contributed by atoms with Crippen molar-refractivity contribution in [1.29, 1.82) is 0 Å². The Morgan fingerprint density at radius 2 is 1.95 bits per heavy atom. The van der Waals surface area contributed by atoms with Crippen LogP contribution in [-0.2, 0) is 16.0 Å². The first-order valence-electron chi connectivity index (χ1n) is 7.36. The second-order valence-electron chi connectivity index (χ2n) is 5.63. The van der Waals surface area contributed by atoms with Crippen molar-refractivity contribution in [3.05, 3.63) is 29.8 Å². The van der Waals surface area contributed by atoms with Crippen molar-refractivity contribution in [1.82, 2.24) is 5.32 Å². The van der Waals surface area contributed by atoms with Crippen LogP contribution in [0, 0.1) is 5.92 Å². The lowest BCUT2D eigenvalue weighted by molar-refractivity contribution is -0.143. The van der Waals surface area contributed by atoms with Crippen LogP contribution < -0.4 is 5.32 Å². The van der Waals surface area contributed by atoms with Crippen LogP contribution in [-0.4, -0.2) is 28.1 Å². The maximum Gasteiger partial charge on any atom is 0.326 e. The Bertz CT molecular complexity index is 509. The van der Waals surface area contributed by atoms with Gasteiger partial charge in [-0.15, -0.1) is 0 Å². The fraction of sp³-hybridized carbons (Fsp3) is 0.500. The van der Waals surface area contributed by atoms with E-state index in [1.54, 1.807) is 12.1 Å². The minimum absolute atomic E-state index is 0.0179. The van der Waals surface area contributed by atoms with E-state index in [9.17, 15) is 19.8 Å². The van der Waals surface area contributed by atoms with E-state index < -0.39 is 12.0 Å². The van der Waals surface area contributed by atoms with Crippen molar-refractivity contribution in [3.8, 4) is 5.75 Å². The molecule has 0 spiro atoms. The van der Waals surface area contributed by atoms with E-state index in [2.05, 4.69) is 5.32 Å². The highest BCUT2D eigenvalue weighted by atomic mass is 16.4. The van der Waals surface area contributed by atoms with Crippen molar-refractivity contribution in [2.45, 2.75) is 44.6 Å². The second kappa shape index (κ2) is 7.11. The highest BCUT2D eigenvalue weighted by Crippen LogP contribution is 2.26. The number of nitrogens with one attached hydrogen (secondary N) is 1. The summed E-state index contributed by atoms with van der Waals surface area (Å²) in [5, 5.41) is 21.3. The number of hydrogen-bond acceptors (Lipinski definition) is 3. The lowest BCUT2D eigenvalue weighted by atomic mass is 9.84. The number of carbonyl (C=O) groups excluding carboxylic acids is 1. The molecule has 1 aromatic carbocycles. The third-order valence-corrected chi connectivity index (χ3v) is 3.98. The molecule has 1 aromatic rings. The smallest absolute Gasteiger partial charge is 0.326 e. The largest absolute Gasteiger partial charge is 0.508 e. The number of phenolic OH excluding ortho intramolecular Hbond substituents is 1. The third kappa shape index (κ3) is 4.48. The molecule has 5 nitrogen and oxygen atoms in total. The molecule has 21 heavy (non-hydrogen) atoms. The SMILES string of the molecule is O=C(Cc1cccc(O)c1)N[C@H](C(=O)O)C1CCCCC1. The fourth-order valence-electron chi connectivity index (χ4n) is 2.93. The highest BCUT2D eigenvalue weighted by Gasteiger charge is 2.30. The summed E-state index contributed by atoms with van der Waals surface area (Å²) < 4.78 is 0. The van der Waals surface area contributed by atoms with Gasteiger partial charge in [0, 0.05) is 0 Å². The minimum atomic E-state index is -0.967. The van der Waals surface area contributed by atoms with Crippen molar-refractivity contribution in [2.75, 3.05) is 0 Å². The van der Waals surface area contributed by atoms with Gasteiger partial charge in [0.25, 0.3) is 0 Å². The summed E-state index contributed by atoms with van der Waals surface area (Å²) in [7, 11) is 0. The molecule has 1 fully saturated rings. The number of amides is 1. The molecule has 3 N–H and O–H groups in total. The number of benzene rings is 1. The highest BCUT2D eigenvalue weighted by molar-refractivity contribution is 5.85. The van der Waals surface area contributed by atoms with Crippen LogP contribution >= 0.6 is 0 Å². The zero-order valence-corrected chi connectivity index (χ0v) is 11.9. The molecule has 1 atom stereocenters. The number of phenols is 1. The molecular formula is C16H21NO4. The molecule has 1 amide bonds. The van der Waals surface area contributed by atoms with Crippen molar-refractivity contribution < 1.29 is 19.8 Å². The van der Waals surface area contributed by atoms with Crippen LogP contribution in [0.15, 0.2) is 24.3 Å². The van der Waals surface area contributed by atoms with Gasteiger partial charge in [0.05, 0.1) is 6.42 Å². The van der Waals surface area contributed by atoms with Gasteiger partial charge in [-0.2, -0.15) is 0 Å². The van der Waals surface area contributed by atoms with Gasteiger partial charge in [-0.25, -0.2) is 4.79 Å². The lowest BCUT2D eigenvalue weighted by Gasteiger charge is -2.28. The summed E-state index contributed by atoms with van der Waals surface area (Å²) in [6.07, 6.45) is 4.96. The van der Waals surface area contributed by atoms with E-state index in [0.29, 0.717) is 5.56 Å². The average Bonchev–Trinajstić information content (AvgIpc) is 2.45. The number of hydrogen-bond donors (Lipinski definition) is 3. The summed E-state index contributed by atoms with van der Waals surface area (Å²) in [5.41, 5.74) is 0.667. The molecule has 114 valence electrons. The summed E-state index contributed by atoms with van der Waals surface area (Å²) in [6.45, 7) is 0. The van der Waals surface area contributed by atoms with Crippen LogP contribution in [0.2, 0.25) is 0 Å². The van der Waals surface area contributed by atoms with E-state index >= 15 is 0 Å². The summed E-state index contributed by atoms with van der Waals surface area (Å²) in [5.74, 6) is -1.17. The van der Waals surface area contributed by atoms with E-state index in [4.69, 9.17) is 0 Å². The van der Waals surface area contributed by atoms with Crippen molar-refractivity contribution in [3.63, 3.8) is 0 Å². The van der Waals surface area contributed by atoms with Crippen molar-refractivity contribution >= 4 is 11.9 Å². The molecule has 0 aliphatic heterocycles. The van der Waals surface area contributed by atoms with Crippen molar-refractivity contribution in [2.24, 2.45) is 5.92 Å². The van der Waals surface area contributed by atoms with Crippen LogP contribution in [0.3, 0.4) is 0 Å². The second-order valence-corrected chi connectivity index (χ2v) is 5.63. The van der Waals surface area contributed by atoms with Crippen LogP contribution in [0.5, 0.6) is 5.75 Å². The molecule has 0 unspecified atom stereocenters. The molecule has 1 aliphatic carbocycles. The maximum atomic E-state index is 12.0. The molecule has 5 heteroatoms. The fourth-order valence-corrected chi connectivity index (χ4v) is 2.93. The van der Waals surface area contributed by atoms with Gasteiger partial charge in [-0.1, -0.05) is 31.4 Å². The molecular weight excluding hydrogens is 270 g/mol. The Hall–Kier alpha value is -2.04. The molecule has 1 saturated carbocycles. The molecule has 1 aliphatic rings. The molecule has 0 saturated heterocycles. The Balaban J connectivity index is 1.96. The first-order chi connectivity index (χ1) is 10.1. The first kappa shape index (κ1) is 15.4. The zero-order valence-electron chi connectivity index (χ0n) is 11.9. The van der Waals surface area contributed by atoms with Crippen LogP contribution in [0.4, 0.5) is 0 Å². The Kier molecular flexibility index (Phi) is 5.20. The van der Waals surface area contributed by atoms with Gasteiger partial charge in [0.15, 0.2) is 0 Å². The standard InChI is InChI=1S/C16H21NO4/c18-13-8-4-5-11(9-13)10-14(19)17-15(16(20)21)12-6-2-1-3-7-12/h4-5,8-9,12,15,18H,1-3,6-7,10H2,(H,17,19)(H,20,21)/t15-/m0/s1. The van der Waals surface area contributed by atoms with E-state index in [-0.39, 0.29) is 24.0 Å². The molecule has 0 bridgehead atoms. The number of rotatable bonds is 5. The number of carboxylic acid groups (broad SMARTS) is 1. The first-order valence-corrected chi connectivity index (χ1v) is 7.36. The summed E-state index contributed by atoms with van der Waals surface area (Å²) in [4.78, 5) is 23.4. The lowest BCUT2D eigenvalue weighted by Crippen LogP contribution is -2.47. The maximum absolute atomic E-state index is 12.0. The summed E-state index contributed by atoms with van der Waals surface area (Å²) >= 11 is 0. The van der Waals surface area contributed by atoms with Gasteiger partial charge < -0.3 is 15.5 Å². The predicted octanol–water partition coefficient (Wildman–Crippen LogP) is 2.08. The normalized spacial score (nSPS) is 17.1. The Labute approximate surface area is 124 Å². The minimum Gasteiger partial charge on any atom is -0.508 e. The molecule has 2 rings (SSSR count). The Morgan fingerprint density at radius 1 is 1.24 bits per heavy atom. The van der Waals surface area contributed by atoms with Crippen LogP contribution in [0.1, 0.15) is 37.7 Å². The van der Waals surface area contributed by atoms with Gasteiger partial charge in [-0.3, -0.25) is 4.79 Å². The number of aromatic hydroxyl groups is 1. The average molecular weight is 291 g/mol. The van der Waals surface area contributed by atoms with E-state index in [1.165, 1.54) is 12.1 Å².